The van der Waals surface area contributed by atoms with Crippen molar-refractivity contribution in [2.45, 2.75) is 58.4 Å². The second-order valence-corrected chi connectivity index (χ2v) is 4.80. The van der Waals surface area contributed by atoms with Crippen LogP contribution in [-0.4, -0.2) is 23.6 Å². The van der Waals surface area contributed by atoms with Gasteiger partial charge in [-0.2, -0.15) is 0 Å². The van der Waals surface area contributed by atoms with Gasteiger partial charge in [0.25, 0.3) is 0 Å². The summed E-state index contributed by atoms with van der Waals surface area (Å²) in [5, 5.41) is 3.50. The van der Waals surface area contributed by atoms with Gasteiger partial charge in [-0.25, -0.2) is 9.97 Å². The van der Waals surface area contributed by atoms with Gasteiger partial charge in [0.05, 0.1) is 12.8 Å². The van der Waals surface area contributed by atoms with Crippen LogP contribution in [0.15, 0.2) is 12.4 Å². The van der Waals surface area contributed by atoms with Crippen LogP contribution in [0.25, 0.3) is 0 Å². The van der Waals surface area contributed by atoms with Crippen LogP contribution in [0.5, 0.6) is 5.88 Å². The molecule has 1 atom stereocenters. The Morgan fingerprint density at radius 2 is 1.95 bits per heavy atom. The molecular formula is C15H27N3O. The molecule has 1 N–H and O–H groups in total. The fourth-order valence-electron chi connectivity index (χ4n) is 2.21. The van der Waals surface area contributed by atoms with Gasteiger partial charge in [-0.1, -0.05) is 46.0 Å². The van der Waals surface area contributed by atoms with E-state index in [-0.39, 0.29) is 0 Å². The maximum absolute atomic E-state index is 5.16. The molecule has 0 radical (unpaired) electrons. The zero-order valence-corrected chi connectivity index (χ0v) is 12.5. The highest BCUT2D eigenvalue weighted by Gasteiger charge is 2.12. The Morgan fingerprint density at radius 1 is 1.16 bits per heavy atom. The lowest BCUT2D eigenvalue weighted by molar-refractivity contribution is 0.392. The molecule has 19 heavy (non-hydrogen) atoms. The minimum Gasteiger partial charge on any atom is -0.481 e. The van der Waals surface area contributed by atoms with Crippen molar-refractivity contribution in [1.29, 1.82) is 0 Å². The van der Waals surface area contributed by atoms with Gasteiger partial charge < -0.3 is 10.1 Å². The van der Waals surface area contributed by atoms with Gasteiger partial charge in [0, 0.05) is 12.1 Å². The van der Waals surface area contributed by atoms with E-state index in [1.807, 2.05) is 6.07 Å². The summed E-state index contributed by atoms with van der Waals surface area (Å²) >= 11 is 0. The lowest BCUT2D eigenvalue weighted by Crippen LogP contribution is -2.22. The molecular weight excluding hydrogens is 238 g/mol. The van der Waals surface area contributed by atoms with Gasteiger partial charge in [-0.15, -0.1) is 0 Å². The number of nitrogens with zero attached hydrogens (tertiary/aromatic N) is 2. The summed E-state index contributed by atoms with van der Waals surface area (Å²) < 4.78 is 5.16. The predicted octanol–water partition coefficient (Wildman–Crippen LogP) is 3.50. The Balaban J connectivity index is 2.50. The van der Waals surface area contributed by atoms with E-state index in [2.05, 4.69) is 29.1 Å². The summed E-state index contributed by atoms with van der Waals surface area (Å²) in [4.78, 5) is 8.43. The molecule has 1 heterocycles. The highest BCUT2D eigenvalue weighted by atomic mass is 16.5. The lowest BCUT2D eigenvalue weighted by atomic mass is 10.0. The molecule has 0 aliphatic carbocycles. The molecule has 4 nitrogen and oxygen atoms in total. The van der Waals surface area contributed by atoms with Crippen LogP contribution < -0.4 is 10.1 Å². The third kappa shape index (κ3) is 6.01. The molecule has 1 aromatic rings. The average molecular weight is 265 g/mol. The molecule has 0 amide bonds. The Labute approximate surface area is 117 Å². The van der Waals surface area contributed by atoms with E-state index < -0.39 is 0 Å². The van der Waals surface area contributed by atoms with Crippen molar-refractivity contribution < 1.29 is 4.74 Å². The van der Waals surface area contributed by atoms with Crippen LogP contribution in [0, 0.1) is 0 Å². The number of nitrogens with one attached hydrogen (secondary N) is 1. The average Bonchev–Trinajstić information content (AvgIpc) is 2.46. The third-order valence-electron chi connectivity index (χ3n) is 3.28. The van der Waals surface area contributed by atoms with Crippen LogP contribution in [0.1, 0.15) is 64.1 Å². The number of hydrogen-bond donors (Lipinski definition) is 1. The van der Waals surface area contributed by atoms with Gasteiger partial charge in [-0.3, -0.25) is 0 Å². The largest absolute Gasteiger partial charge is 0.481 e. The topological polar surface area (TPSA) is 47.0 Å². The van der Waals surface area contributed by atoms with Crippen molar-refractivity contribution in [3.63, 3.8) is 0 Å². The first-order valence-corrected chi connectivity index (χ1v) is 7.41. The van der Waals surface area contributed by atoms with Gasteiger partial charge >= 0.3 is 0 Å². The summed E-state index contributed by atoms with van der Waals surface area (Å²) in [6.45, 7) is 5.32. The highest BCUT2D eigenvalue weighted by Crippen LogP contribution is 2.20. The van der Waals surface area contributed by atoms with E-state index in [0.29, 0.717) is 11.9 Å². The van der Waals surface area contributed by atoms with Crippen molar-refractivity contribution in [3.05, 3.63) is 18.1 Å². The van der Waals surface area contributed by atoms with Crippen LogP contribution in [0.2, 0.25) is 0 Å². The predicted molar refractivity (Wildman–Crippen MR) is 78.4 cm³/mol. The van der Waals surface area contributed by atoms with Crippen LogP contribution in [-0.2, 0) is 0 Å². The number of unbranched alkanes of at least 4 members (excludes halogenated alkanes) is 4. The molecule has 1 unspecified atom stereocenters. The molecule has 0 aliphatic heterocycles. The molecule has 0 saturated carbocycles. The number of methoxy groups -OCH3 is 1. The zero-order valence-electron chi connectivity index (χ0n) is 12.5. The Morgan fingerprint density at radius 3 is 2.63 bits per heavy atom. The highest BCUT2D eigenvalue weighted by molar-refractivity contribution is 5.16. The van der Waals surface area contributed by atoms with Crippen molar-refractivity contribution >= 4 is 0 Å². The molecule has 0 aromatic carbocycles. The number of ether oxygens (including phenoxy) is 1. The number of hydrogen-bond acceptors (Lipinski definition) is 4. The SMILES string of the molecule is CCCCCCCC(NCC)c1cc(OC)ncn1. The Hall–Kier alpha value is -1.16. The normalized spacial score (nSPS) is 12.4. The van der Waals surface area contributed by atoms with Gasteiger partial charge in [0.1, 0.15) is 6.33 Å². The fourth-order valence-corrected chi connectivity index (χ4v) is 2.21. The minimum atomic E-state index is 0.309. The number of aromatic nitrogens is 2. The van der Waals surface area contributed by atoms with Crippen molar-refractivity contribution in [2.75, 3.05) is 13.7 Å². The monoisotopic (exact) mass is 265 g/mol. The Bertz CT molecular complexity index is 344. The zero-order chi connectivity index (χ0) is 13.9. The van der Waals surface area contributed by atoms with Gasteiger partial charge in [0.15, 0.2) is 0 Å². The summed E-state index contributed by atoms with van der Waals surface area (Å²) in [6, 6.07) is 2.24. The molecule has 1 rings (SSSR count). The van der Waals surface area contributed by atoms with Crippen molar-refractivity contribution in [3.8, 4) is 5.88 Å². The first-order chi connectivity index (χ1) is 9.31. The first-order valence-electron chi connectivity index (χ1n) is 7.41. The van der Waals surface area contributed by atoms with Crippen molar-refractivity contribution in [1.82, 2.24) is 15.3 Å². The van der Waals surface area contributed by atoms with Crippen LogP contribution in [0.4, 0.5) is 0 Å². The second kappa shape index (κ2) is 9.73. The molecule has 0 bridgehead atoms. The maximum Gasteiger partial charge on any atom is 0.216 e. The summed E-state index contributed by atoms with van der Waals surface area (Å²) in [7, 11) is 1.64. The summed E-state index contributed by atoms with van der Waals surface area (Å²) in [5.74, 6) is 0.638. The minimum absolute atomic E-state index is 0.309. The molecule has 4 heteroatoms. The third-order valence-corrected chi connectivity index (χ3v) is 3.28. The van der Waals surface area contributed by atoms with E-state index in [1.54, 1.807) is 13.4 Å². The second-order valence-electron chi connectivity index (χ2n) is 4.80. The summed E-state index contributed by atoms with van der Waals surface area (Å²) in [5.41, 5.74) is 1.03. The van der Waals surface area contributed by atoms with E-state index in [4.69, 9.17) is 4.74 Å². The van der Waals surface area contributed by atoms with Crippen LogP contribution >= 0.6 is 0 Å². The standard InChI is InChI=1S/C15H27N3O/c1-4-6-7-8-9-10-13(16-5-2)14-11-15(19-3)18-12-17-14/h11-13,16H,4-10H2,1-3H3. The smallest absolute Gasteiger partial charge is 0.216 e. The van der Waals surface area contributed by atoms with E-state index in [0.717, 1.165) is 18.7 Å². The molecule has 0 saturated heterocycles. The van der Waals surface area contributed by atoms with Gasteiger partial charge in [0.2, 0.25) is 5.88 Å². The molecule has 0 spiro atoms. The molecule has 0 aliphatic rings. The van der Waals surface area contributed by atoms with E-state index in [9.17, 15) is 0 Å². The van der Waals surface area contributed by atoms with Gasteiger partial charge in [-0.05, 0) is 13.0 Å². The van der Waals surface area contributed by atoms with E-state index >= 15 is 0 Å². The Kier molecular flexibility index (Phi) is 8.14. The molecule has 108 valence electrons. The van der Waals surface area contributed by atoms with Crippen LogP contribution in [0.3, 0.4) is 0 Å². The maximum atomic E-state index is 5.16. The molecule has 0 fully saturated rings. The summed E-state index contributed by atoms with van der Waals surface area (Å²) in [6.07, 6.45) is 9.21. The lowest BCUT2D eigenvalue weighted by Gasteiger charge is -2.17. The molecule has 1 aromatic heterocycles. The number of rotatable bonds is 10. The fraction of sp³-hybridized carbons (Fsp3) is 0.733. The van der Waals surface area contributed by atoms with E-state index in [1.165, 1.54) is 32.1 Å². The first kappa shape index (κ1) is 15.9. The quantitative estimate of drug-likeness (QED) is 0.658. The van der Waals surface area contributed by atoms with Crippen molar-refractivity contribution in [2.24, 2.45) is 0 Å².